The van der Waals surface area contributed by atoms with Crippen LogP contribution in [-0.2, 0) is 0 Å². The van der Waals surface area contributed by atoms with E-state index >= 15 is 0 Å². The first-order chi connectivity index (χ1) is 10.7. The summed E-state index contributed by atoms with van der Waals surface area (Å²) in [7, 11) is 0. The SMILES string of the molecule is CCC1(CO)CCN(C(=O)c2cnc(-c3ccsc3)s2)CC1. The van der Waals surface area contributed by atoms with E-state index < -0.39 is 0 Å². The minimum Gasteiger partial charge on any atom is -0.396 e. The number of rotatable bonds is 4. The lowest BCUT2D eigenvalue weighted by atomic mass is 9.77. The quantitative estimate of drug-likeness (QED) is 0.930. The van der Waals surface area contributed by atoms with Crippen LogP contribution in [0.5, 0.6) is 0 Å². The third-order valence-corrected chi connectivity index (χ3v) is 6.40. The Balaban J connectivity index is 1.68. The largest absolute Gasteiger partial charge is 0.396 e. The van der Waals surface area contributed by atoms with Gasteiger partial charge < -0.3 is 10.0 Å². The summed E-state index contributed by atoms with van der Waals surface area (Å²) in [5, 5.41) is 14.5. The maximum absolute atomic E-state index is 12.6. The van der Waals surface area contributed by atoms with Gasteiger partial charge in [0.25, 0.3) is 5.91 Å². The summed E-state index contributed by atoms with van der Waals surface area (Å²) in [5.74, 6) is 0.0709. The predicted octanol–water partition coefficient (Wildman–Crippen LogP) is 3.50. The van der Waals surface area contributed by atoms with Crippen LogP contribution in [0.3, 0.4) is 0 Å². The minimum absolute atomic E-state index is 0.00627. The highest BCUT2D eigenvalue weighted by Crippen LogP contribution is 2.35. The Morgan fingerprint density at radius 2 is 2.23 bits per heavy atom. The van der Waals surface area contributed by atoms with Crippen molar-refractivity contribution in [2.45, 2.75) is 26.2 Å². The molecule has 2 aromatic rings. The number of thiazole rings is 1. The van der Waals surface area contributed by atoms with Gasteiger partial charge in [-0.3, -0.25) is 4.79 Å². The molecule has 0 radical (unpaired) electrons. The molecule has 6 heteroatoms. The Labute approximate surface area is 138 Å². The van der Waals surface area contributed by atoms with Crippen molar-refractivity contribution < 1.29 is 9.90 Å². The van der Waals surface area contributed by atoms with Crippen molar-refractivity contribution in [1.82, 2.24) is 9.88 Å². The van der Waals surface area contributed by atoms with Crippen LogP contribution in [0, 0.1) is 5.41 Å². The first kappa shape index (κ1) is 15.6. The van der Waals surface area contributed by atoms with E-state index in [0.29, 0.717) is 4.88 Å². The maximum Gasteiger partial charge on any atom is 0.265 e. The molecule has 1 N–H and O–H groups in total. The van der Waals surface area contributed by atoms with E-state index in [4.69, 9.17) is 0 Å². The van der Waals surface area contributed by atoms with Gasteiger partial charge in [0.15, 0.2) is 0 Å². The summed E-state index contributed by atoms with van der Waals surface area (Å²) < 4.78 is 0. The molecule has 1 aliphatic heterocycles. The van der Waals surface area contributed by atoms with E-state index in [1.54, 1.807) is 17.5 Å². The molecule has 3 heterocycles. The maximum atomic E-state index is 12.6. The number of carbonyl (C=O) groups is 1. The molecule has 118 valence electrons. The summed E-state index contributed by atoms with van der Waals surface area (Å²) in [6.07, 6.45) is 4.41. The number of nitrogens with zero attached hydrogens (tertiary/aromatic N) is 2. The molecule has 0 atom stereocenters. The van der Waals surface area contributed by atoms with Gasteiger partial charge in [0.05, 0.1) is 6.20 Å². The normalized spacial score (nSPS) is 17.6. The third kappa shape index (κ3) is 2.95. The molecule has 0 unspecified atom stereocenters. The Morgan fingerprint density at radius 3 is 2.82 bits per heavy atom. The molecular formula is C16H20N2O2S2. The second-order valence-electron chi connectivity index (χ2n) is 5.85. The lowest BCUT2D eigenvalue weighted by molar-refractivity contribution is 0.0341. The van der Waals surface area contributed by atoms with Gasteiger partial charge in [-0.2, -0.15) is 11.3 Å². The van der Waals surface area contributed by atoms with E-state index in [1.807, 2.05) is 21.7 Å². The molecule has 1 amide bonds. The minimum atomic E-state index is 0.00627. The van der Waals surface area contributed by atoms with Crippen LogP contribution in [0.4, 0.5) is 0 Å². The topological polar surface area (TPSA) is 53.4 Å². The molecule has 0 aromatic carbocycles. The molecule has 1 saturated heterocycles. The van der Waals surface area contributed by atoms with Crippen molar-refractivity contribution in [2.24, 2.45) is 5.41 Å². The number of hydrogen-bond acceptors (Lipinski definition) is 5. The van der Waals surface area contributed by atoms with Crippen molar-refractivity contribution in [2.75, 3.05) is 19.7 Å². The van der Waals surface area contributed by atoms with Crippen LogP contribution in [0.2, 0.25) is 0 Å². The van der Waals surface area contributed by atoms with E-state index in [1.165, 1.54) is 11.3 Å². The van der Waals surface area contributed by atoms with Gasteiger partial charge in [-0.1, -0.05) is 6.92 Å². The molecule has 0 aliphatic carbocycles. The van der Waals surface area contributed by atoms with Crippen LogP contribution in [0.15, 0.2) is 23.0 Å². The van der Waals surface area contributed by atoms with Crippen LogP contribution < -0.4 is 0 Å². The van der Waals surface area contributed by atoms with Crippen LogP contribution in [0.25, 0.3) is 10.6 Å². The van der Waals surface area contributed by atoms with E-state index in [0.717, 1.165) is 42.9 Å². The van der Waals surface area contributed by atoms with Crippen molar-refractivity contribution in [3.05, 3.63) is 27.9 Å². The fourth-order valence-corrected chi connectivity index (χ4v) is 4.45. The molecule has 1 aliphatic rings. The lowest BCUT2D eigenvalue weighted by Crippen LogP contribution is -2.44. The molecular weight excluding hydrogens is 316 g/mol. The molecule has 3 rings (SSSR count). The van der Waals surface area contributed by atoms with E-state index in [9.17, 15) is 9.90 Å². The monoisotopic (exact) mass is 336 g/mol. The fourth-order valence-electron chi connectivity index (χ4n) is 2.86. The molecule has 4 nitrogen and oxygen atoms in total. The van der Waals surface area contributed by atoms with Crippen LogP contribution >= 0.6 is 22.7 Å². The highest BCUT2D eigenvalue weighted by Gasteiger charge is 2.34. The van der Waals surface area contributed by atoms with Gasteiger partial charge in [-0.15, -0.1) is 11.3 Å². The van der Waals surface area contributed by atoms with E-state index in [-0.39, 0.29) is 17.9 Å². The number of aromatic nitrogens is 1. The lowest BCUT2D eigenvalue weighted by Gasteiger charge is -2.40. The average Bonchev–Trinajstić information content (AvgIpc) is 3.25. The van der Waals surface area contributed by atoms with Gasteiger partial charge in [0.2, 0.25) is 0 Å². The van der Waals surface area contributed by atoms with Gasteiger partial charge in [0, 0.05) is 30.6 Å². The molecule has 0 spiro atoms. The summed E-state index contributed by atoms with van der Waals surface area (Å²) in [5.41, 5.74) is 1.09. The third-order valence-electron chi connectivity index (χ3n) is 4.68. The average molecular weight is 336 g/mol. The van der Waals surface area contributed by atoms with Crippen molar-refractivity contribution in [1.29, 1.82) is 0 Å². The van der Waals surface area contributed by atoms with Gasteiger partial charge >= 0.3 is 0 Å². The summed E-state index contributed by atoms with van der Waals surface area (Å²) in [6.45, 7) is 3.77. The molecule has 2 aromatic heterocycles. The smallest absolute Gasteiger partial charge is 0.265 e. The highest BCUT2D eigenvalue weighted by atomic mass is 32.1. The van der Waals surface area contributed by atoms with Crippen LogP contribution in [-0.4, -0.2) is 40.6 Å². The van der Waals surface area contributed by atoms with Gasteiger partial charge in [-0.25, -0.2) is 4.98 Å². The second kappa shape index (κ2) is 6.48. The first-order valence-electron chi connectivity index (χ1n) is 7.56. The number of hydrogen-bond donors (Lipinski definition) is 1. The highest BCUT2D eigenvalue weighted by molar-refractivity contribution is 7.17. The zero-order valence-electron chi connectivity index (χ0n) is 12.6. The Hall–Kier alpha value is -1.24. The summed E-state index contributed by atoms with van der Waals surface area (Å²) >= 11 is 3.09. The van der Waals surface area contributed by atoms with Gasteiger partial charge in [0.1, 0.15) is 9.88 Å². The molecule has 1 fully saturated rings. The number of aliphatic hydroxyl groups is 1. The molecule has 0 saturated carbocycles. The van der Waals surface area contributed by atoms with Crippen molar-refractivity contribution in [3.63, 3.8) is 0 Å². The number of amides is 1. The van der Waals surface area contributed by atoms with Gasteiger partial charge in [-0.05, 0) is 36.1 Å². The van der Waals surface area contributed by atoms with E-state index in [2.05, 4.69) is 11.9 Å². The zero-order chi connectivity index (χ0) is 15.6. The number of likely N-dealkylation sites (tertiary alicyclic amines) is 1. The Kier molecular flexibility index (Phi) is 4.61. The van der Waals surface area contributed by atoms with Crippen molar-refractivity contribution in [3.8, 4) is 10.6 Å². The Morgan fingerprint density at radius 1 is 1.45 bits per heavy atom. The van der Waals surface area contributed by atoms with Crippen LogP contribution in [0.1, 0.15) is 35.9 Å². The molecule has 22 heavy (non-hydrogen) atoms. The summed E-state index contributed by atoms with van der Waals surface area (Å²) in [6, 6.07) is 2.02. The van der Waals surface area contributed by atoms with Crippen molar-refractivity contribution >= 4 is 28.6 Å². The number of aliphatic hydroxyl groups excluding tert-OH is 1. The Bertz CT molecular complexity index is 622. The fraction of sp³-hybridized carbons (Fsp3) is 0.500. The first-order valence-corrected chi connectivity index (χ1v) is 9.32. The second-order valence-corrected chi connectivity index (χ2v) is 7.66. The zero-order valence-corrected chi connectivity index (χ0v) is 14.3. The standard InChI is InChI=1S/C16H20N2O2S2/c1-2-16(11-19)4-6-18(7-5-16)15(20)13-9-17-14(22-13)12-3-8-21-10-12/h3,8-10,19H,2,4-7,11H2,1H3. The molecule has 0 bridgehead atoms. The number of piperidine rings is 1. The number of thiophene rings is 1. The number of carbonyl (C=O) groups excluding carboxylic acids is 1. The summed E-state index contributed by atoms with van der Waals surface area (Å²) in [4.78, 5) is 19.6. The predicted molar refractivity (Wildman–Crippen MR) is 90.4 cm³/mol.